The molecule has 1 unspecified atom stereocenters. The van der Waals surface area contributed by atoms with E-state index in [1.54, 1.807) is 19.3 Å². The van der Waals surface area contributed by atoms with Crippen LogP contribution in [0.4, 0.5) is 0 Å². The van der Waals surface area contributed by atoms with Gasteiger partial charge in [0, 0.05) is 31.1 Å². The molecule has 0 fully saturated rings. The second kappa shape index (κ2) is 6.12. The van der Waals surface area contributed by atoms with Gasteiger partial charge in [-0.3, -0.25) is 9.59 Å². The third kappa shape index (κ3) is 3.18. The van der Waals surface area contributed by atoms with Crippen molar-refractivity contribution in [2.24, 2.45) is 7.05 Å². The number of nitrogens with one attached hydrogen (secondary N) is 1. The Hall–Kier alpha value is -2.82. The normalized spacial score (nSPS) is 12.3. The van der Waals surface area contributed by atoms with Gasteiger partial charge >= 0.3 is 0 Å². The van der Waals surface area contributed by atoms with E-state index in [9.17, 15) is 9.59 Å². The van der Waals surface area contributed by atoms with Crippen LogP contribution in [0.2, 0.25) is 0 Å². The molecule has 1 amide bonds. The molecule has 118 valence electrons. The minimum Gasteiger partial charge on any atom is -0.461 e. The average Bonchev–Trinajstić information content (AvgIpc) is 2.91. The van der Waals surface area contributed by atoms with E-state index in [-0.39, 0.29) is 23.1 Å². The molecule has 0 bridgehead atoms. The number of aromatic nitrogens is 1. The number of hydrogen-bond donors (Lipinski definition) is 1. The number of furan rings is 1. The van der Waals surface area contributed by atoms with E-state index in [0.717, 1.165) is 16.7 Å². The third-order valence-electron chi connectivity index (χ3n) is 3.73. The highest BCUT2D eigenvalue weighted by atomic mass is 16.3. The maximum Gasteiger partial charge on any atom is 0.263 e. The fourth-order valence-electron chi connectivity index (χ4n) is 2.56. The molecule has 0 aliphatic rings. The molecule has 0 spiro atoms. The number of hydrogen-bond acceptors (Lipinski definition) is 3. The summed E-state index contributed by atoms with van der Waals surface area (Å²) in [6, 6.07) is 12.8. The standard InChI is InChI=1S/C18H18N2O3/c1-12(10-14-11-13-6-3-4-8-16(13)23-14)19-17(21)15-7-5-9-20(2)18(15)22/h3-9,11-12H,10H2,1-2H3,(H,19,21). The lowest BCUT2D eigenvalue weighted by Crippen LogP contribution is -2.38. The zero-order valence-corrected chi connectivity index (χ0v) is 13.1. The number of carbonyl (C=O) groups is 1. The molecule has 5 heteroatoms. The first kappa shape index (κ1) is 15.1. The first-order chi connectivity index (χ1) is 11.0. The molecule has 0 radical (unpaired) electrons. The van der Waals surface area contributed by atoms with Crippen molar-refractivity contribution >= 4 is 16.9 Å². The summed E-state index contributed by atoms with van der Waals surface area (Å²) in [4.78, 5) is 24.2. The van der Waals surface area contributed by atoms with Crippen molar-refractivity contribution in [1.82, 2.24) is 9.88 Å². The zero-order chi connectivity index (χ0) is 16.4. The lowest BCUT2D eigenvalue weighted by atomic mass is 10.1. The van der Waals surface area contributed by atoms with Gasteiger partial charge < -0.3 is 14.3 Å². The van der Waals surface area contributed by atoms with Crippen LogP contribution >= 0.6 is 0 Å². The summed E-state index contributed by atoms with van der Waals surface area (Å²) in [6.07, 6.45) is 2.19. The van der Waals surface area contributed by atoms with Gasteiger partial charge in [0.05, 0.1) is 0 Å². The first-order valence-electron chi connectivity index (χ1n) is 7.48. The molecule has 3 rings (SSSR count). The molecule has 0 aliphatic heterocycles. The molecular formula is C18H18N2O3. The van der Waals surface area contributed by atoms with Crippen molar-refractivity contribution in [3.63, 3.8) is 0 Å². The molecule has 23 heavy (non-hydrogen) atoms. The maximum atomic E-state index is 12.2. The van der Waals surface area contributed by atoms with E-state index in [4.69, 9.17) is 4.42 Å². The van der Waals surface area contributed by atoms with Crippen LogP contribution in [0.15, 0.2) is 57.9 Å². The number of amides is 1. The van der Waals surface area contributed by atoms with Crippen molar-refractivity contribution in [3.05, 3.63) is 70.3 Å². The van der Waals surface area contributed by atoms with Crippen molar-refractivity contribution in [1.29, 1.82) is 0 Å². The summed E-state index contributed by atoms with van der Waals surface area (Å²) >= 11 is 0. The fourth-order valence-corrected chi connectivity index (χ4v) is 2.56. The second-order valence-electron chi connectivity index (χ2n) is 5.67. The lowest BCUT2D eigenvalue weighted by Gasteiger charge is -2.12. The van der Waals surface area contributed by atoms with Crippen molar-refractivity contribution in [2.45, 2.75) is 19.4 Å². The predicted octanol–water partition coefficient (Wildman–Crippen LogP) is 2.49. The van der Waals surface area contributed by atoms with Gasteiger partial charge in [-0.1, -0.05) is 18.2 Å². The molecule has 0 saturated carbocycles. The molecule has 1 atom stereocenters. The number of fused-ring (bicyclic) bond motifs is 1. The van der Waals surface area contributed by atoms with Gasteiger partial charge in [-0.2, -0.15) is 0 Å². The minimum absolute atomic E-state index is 0.145. The van der Waals surface area contributed by atoms with Gasteiger partial charge in [-0.25, -0.2) is 0 Å². The number of rotatable bonds is 4. The van der Waals surface area contributed by atoms with Crippen LogP contribution in [0.1, 0.15) is 23.0 Å². The third-order valence-corrected chi connectivity index (χ3v) is 3.73. The second-order valence-corrected chi connectivity index (χ2v) is 5.67. The zero-order valence-electron chi connectivity index (χ0n) is 13.1. The number of carbonyl (C=O) groups excluding carboxylic acids is 1. The van der Waals surface area contributed by atoms with Crippen LogP contribution < -0.4 is 10.9 Å². The molecule has 0 aliphatic carbocycles. The monoisotopic (exact) mass is 310 g/mol. The van der Waals surface area contributed by atoms with E-state index < -0.39 is 0 Å². The highest BCUT2D eigenvalue weighted by Crippen LogP contribution is 2.19. The Morgan fingerprint density at radius 2 is 2.04 bits per heavy atom. The molecule has 2 aromatic heterocycles. The van der Waals surface area contributed by atoms with Gasteiger partial charge in [0.15, 0.2) is 0 Å². The van der Waals surface area contributed by atoms with Crippen LogP contribution in [0.25, 0.3) is 11.0 Å². The van der Waals surface area contributed by atoms with Crippen LogP contribution in [0.3, 0.4) is 0 Å². The summed E-state index contributed by atoms with van der Waals surface area (Å²) in [5.74, 6) is 0.440. The first-order valence-corrected chi connectivity index (χ1v) is 7.48. The average molecular weight is 310 g/mol. The van der Waals surface area contributed by atoms with Gasteiger partial charge in [-0.05, 0) is 31.2 Å². The Labute approximate surface area is 133 Å². The number of para-hydroxylation sites is 1. The quantitative estimate of drug-likeness (QED) is 0.805. The van der Waals surface area contributed by atoms with E-state index in [1.807, 2.05) is 37.3 Å². The molecule has 5 nitrogen and oxygen atoms in total. The van der Waals surface area contributed by atoms with E-state index in [2.05, 4.69) is 5.32 Å². The Morgan fingerprint density at radius 3 is 2.83 bits per heavy atom. The number of nitrogens with zero attached hydrogens (tertiary/aromatic N) is 1. The smallest absolute Gasteiger partial charge is 0.263 e. The number of aryl methyl sites for hydroxylation is 1. The summed E-state index contributed by atoms with van der Waals surface area (Å²) in [7, 11) is 1.62. The summed E-state index contributed by atoms with van der Waals surface area (Å²) in [5.41, 5.74) is 0.672. The lowest BCUT2D eigenvalue weighted by molar-refractivity contribution is 0.0937. The van der Waals surface area contributed by atoms with Crippen molar-refractivity contribution < 1.29 is 9.21 Å². The number of pyridine rings is 1. The topological polar surface area (TPSA) is 64.2 Å². The van der Waals surface area contributed by atoms with Crippen LogP contribution in [0.5, 0.6) is 0 Å². The van der Waals surface area contributed by atoms with Gasteiger partial charge in [0.2, 0.25) is 0 Å². The molecule has 0 saturated heterocycles. The minimum atomic E-state index is -0.366. The summed E-state index contributed by atoms with van der Waals surface area (Å²) in [5, 5.41) is 3.88. The highest BCUT2D eigenvalue weighted by molar-refractivity contribution is 5.94. The highest BCUT2D eigenvalue weighted by Gasteiger charge is 2.15. The summed E-state index contributed by atoms with van der Waals surface area (Å²) < 4.78 is 7.14. The maximum absolute atomic E-state index is 12.2. The van der Waals surface area contributed by atoms with Gasteiger partial charge in [0.1, 0.15) is 16.9 Å². The van der Waals surface area contributed by atoms with E-state index in [0.29, 0.717) is 6.42 Å². The number of benzene rings is 1. The van der Waals surface area contributed by atoms with Crippen LogP contribution in [0, 0.1) is 0 Å². The fraction of sp³-hybridized carbons (Fsp3) is 0.222. The Kier molecular flexibility index (Phi) is 4.02. The van der Waals surface area contributed by atoms with Gasteiger partial charge in [0.25, 0.3) is 11.5 Å². The molecule has 3 aromatic rings. The van der Waals surface area contributed by atoms with Crippen molar-refractivity contribution in [2.75, 3.05) is 0 Å². The molecular weight excluding hydrogens is 292 g/mol. The predicted molar refractivity (Wildman–Crippen MR) is 88.5 cm³/mol. The molecule has 1 aromatic carbocycles. The Morgan fingerprint density at radius 1 is 1.26 bits per heavy atom. The van der Waals surface area contributed by atoms with Crippen molar-refractivity contribution in [3.8, 4) is 0 Å². The SMILES string of the molecule is CC(Cc1cc2ccccc2o1)NC(=O)c1cccn(C)c1=O. The largest absolute Gasteiger partial charge is 0.461 e. The Balaban J connectivity index is 1.71. The van der Waals surface area contributed by atoms with E-state index in [1.165, 1.54) is 10.6 Å². The van der Waals surface area contributed by atoms with Gasteiger partial charge in [-0.15, -0.1) is 0 Å². The molecule has 2 heterocycles. The van der Waals surface area contributed by atoms with Crippen LogP contribution in [-0.4, -0.2) is 16.5 Å². The Bertz CT molecular complexity index is 875. The molecule has 1 N–H and O–H groups in total. The van der Waals surface area contributed by atoms with Crippen LogP contribution in [-0.2, 0) is 13.5 Å². The van der Waals surface area contributed by atoms with E-state index >= 15 is 0 Å². The summed E-state index contributed by atoms with van der Waals surface area (Å²) in [6.45, 7) is 1.89.